The smallest absolute Gasteiger partial charge is 0.238 e. The van der Waals surface area contributed by atoms with Crippen LogP contribution in [0.15, 0.2) is 100 Å². The molecule has 2 aromatic heterocycles. The number of furan rings is 1. The highest BCUT2D eigenvalue weighted by Crippen LogP contribution is 2.41. The van der Waals surface area contributed by atoms with Gasteiger partial charge in [-0.2, -0.15) is 10.5 Å². The largest absolute Gasteiger partial charge is 0.437 e. The molecular weight excluding hydrogens is 466 g/mol. The van der Waals surface area contributed by atoms with Gasteiger partial charge in [0.05, 0.1) is 4.70 Å². The molecule has 5 aromatic rings. The summed E-state index contributed by atoms with van der Waals surface area (Å²) in [6, 6.07) is 31.1. The molecule has 0 amide bonds. The fraction of sp³-hybridized carbons (Fsp3) is 0. The van der Waals surface area contributed by atoms with E-state index in [1.165, 1.54) is 11.3 Å². The highest BCUT2D eigenvalue weighted by molar-refractivity contribution is 7.21. The SMILES string of the molecule is N#CC(C#N)=C1/C(=C/c2cc3sc(-c4ccc(-c5ccccc5)cc4)nc3o2)C(=O)c2ccccc21. The number of allylic oxidation sites excluding steroid dienone is 3. The van der Waals surface area contributed by atoms with Gasteiger partial charge < -0.3 is 4.42 Å². The van der Waals surface area contributed by atoms with Crippen LogP contribution in [0.3, 0.4) is 0 Å². The lowest BCUT2D eigenvalue weighted by atomic mass is 9.99. The van der Waals surface area contributed by atoms with Gasteiger partial charge in [0.25, 0.3) is 0 Å². The van der Waals surface area contributed by atoms with Crippen LogP contribution in [0.25, 0.3) is 43.8 Å². The minimum atomic E-state index is -0.240. The Kier molecular flexibility index (Phi) is 5.15. The Hall–Kier alpha value is -5.04. The number of hydrogen-bond donors (Lipinski definition) is 0. The molecule has 0 aliphatic heterocycles. The van der Waals surface area contributed by atoms with Crippen molar-refractivity contribution in [3.63, 3.8) is 0 Å². The van der Waals surface area contributed by atoms with Gasteiger partial charge in [-0.05, 0) is 22.8 Å². The lowest BCUT2D eigenvalue weighted by Crippen LogP contribution is -1.95. The third-order valence-corrected chi connectivity index (χ3v) is 7.10. The first-order chi connectivity index (χ1) is 17.7. The van der Waals surface area contributed by atoms with Gasteiger partial charge in [0.2, 0.25) is 5.71 Å². The first-order valence-corrected chi connectivity index (χ1v) is 11.9. The molecule has 0 unspecified atom stereocenters. The van der Waals surface area contributed by atoms with Crippen molar-refractivity contribution in [2.24, 2.45) is 0 Å². The number of ketones is 1. The number of rotatable bonds is 3. The van der Waals surface area contributed by atoms with Crippen LogP contribution in [0.1, 0.15) is 21.7 Å². The number of carbonyl (C=O) groups is 1. The zero-order valence-corrected chi connectivity index (χ0v) is 19.5. The Morgan fingerprint density at radius 1 is 0.833 bits per heavy atom. The van der Waals surface area contributed by atoms with Gasteiger partial charge in [-0.1, -0.05) is 78.9 Å². The van der Waals surface area contributed by atoms with E-state index < -0.39 is 0 Å². The number of Topliss-reactive ketones (excluding diaryl/α,β-unsaturated/α-hetero) is 1. The summed E-state index contributed by atoms with van der Waals surface area (Å²) in [5, 5.41) is 19.8. The molecule has 0 saturated heterocycles. The molecule has 5 nitrogen and oxygen atoms in total. The third kappa shape index (κ3) is 3.54. The van der Waals surface area contributed by atoms with E-state index in [9.17, 15) is 15.3 Å². The molecule has 0 bridgehead atoms. The Bertz CT molecular complexity index is 1760. The van der Waals surface area contributed by atoms with Gasteiger partial charge in [-0.25, -0.2) is 4.98 Å². The van der Waals surface area contributed by atoms with Crippen molar-refractivity contribution in [1.82, 2.24) is 4.98 Å². The molecule has 0 spiro atoms. The highest BCUT2D eigenvalue weighted by Gasteiger charge is 2.32. The van der Waals surface area contributed by atoms with Crippen LogP contribution in [-0.2, 0) is 0 Å². The van der Waals surface area contributed by atoms with Crippen molar-refractivity contribution in [3.8, 4) is 33.8 Å². The van der Waals surface area contributed by atoms with Crippen molar-refractivity contribution in [3.05, 3.63) is 113 Å². The third-order valence-electron chi connectivity index (χ3n) is 6.06. The van der Waals surface area contributed by atoms with Gasteiger partial charge in [0.15, 0.2) is 5.78 Å². The van der Waals surface area contributed by atoms with Crippen LogP contribution in [-0.4, -0.2) is 10.8 Å². The Labute approximate surface area is 210 Å². The highest BCUT2D eigenvalue weighted by atomic mass is 32.1. The van der Waals surface area contributed by atoms with Gasteiger partial charge in [-0.3, -0.25) is 4.79 Å². The molecule has 0 N–H and O–H groups in total. The van der Waals surface area contributed by atoms with Crippen molar-refractivity contribution >= 4 is 39.2 Å². The zero-order chi connectivity index (χ0) is 24.6. The van der Waals surface area contributed by atoms with Crippen molar-refractivity contribution in [2.45, 2.75) is 0 Å². The van der Waals surface area contributed by atoms with E-state index >= 15 is 0 Å². The van der Waals surface area contributed by atoms with E-state index in [1.54, 1.807) is 30.3 Å². The van der Waals surface area contributed by atoms with E-state index in [0.29, 0.717) is 28.2 Å². The monoisotopic (exact) mass is 481 g/mol. The van der Waals surface area contributed by atoms with E-state index in [-0.39, 0.29) is 16.9 Å². The molecular formula is C30H15N3O2S. The van der Waals surface area contributed by atoms with Crippen LogP contribution in [0, 0.1) is 22.7 Å². The van der Waals surface area contributed by atoms with Crippen LogP contribution < -0.4 is 0 Å². The number of carbonyl (C=O) groups excluding carboxylic acids is 1. The average Bonchev–Trinajstić information content (AvgIpc) is 3.57. The Balaban J connectivity index is 1.35. The molecule has 2 heterocycles. The summed E-state index contributed by atoms with van der Waals surface area (Å²) in [4.78, 5) is 17.7. The van der Waals surface area contributed by atoms with Crippen LogP contribution in [0.4, 0.5) is 0 Å². The van der Waals surface area contributed by atoms with Crippen LogP contribution >= 0.6 is 11.3 Å². The molecule has 6 heteroatoms. The molecule has 0 radical (unpaired) electrons. The van der Waals surface area contributed by atoms with Crippen molar-refractivity contribution < 1.29 is 9.21 Å². The van der Waals surface area contributed by atoms with Gasteiger partial charge in [0.1, 0.15) is 28.5 Å². The van der Waals surface area contributed by atoms with Crippen LogP contribution in [0.5, 0.6) is 0 Å². The predicted octanol–water partition coefficient (Wildman–Crippen LogP) is 7.30. The lowest BCUT2D eigenvalue weighted by molar-refractivity contribution is 0.104. The van der Waals surface area contributed by atoms with Gasteiger partial charge in [-0.15, -0.1) is 11.3 Å². The second-order valence-corrected chi connectivity index (χ2v) is 9.22. The molecule has 36 heavy (non-hydrogen) atoms. The summed E-state index contributed by atoms with van der Waals surface area (Å²) >= 11 is 1.50. The summed E-state index contributed by atoms with van der Waals surface area (Å²) in [7, 11) is 0. The number of thiazole rings is 1. The second-order valence-electron chi connectivity index (χ2n) is 8.19. The summed E-state index contributed by atoms with van der Waals surface area (Å²) in [5.74, 6) is 0.203. The number of benzene rings is 3. The molecule has 1 aliphatic rings. The number of hydrogen-bond acceptors (Lipinski definition) is 6. The normalized spacial score (nSPS) is 13.6. The topological polar surface area (TPSA) is 90.7 Å². The molecule has 0 fully saturated rings. The van der Waals surface area contributed by atoms with Gasteiger partial charge in [0, 0.05) is 28.3 Å². The number of aromatic nitrogens is 1. The predicted molar refractivity (Wildman–Crippen MR) is 140 cm³/mol. The summed E-state index contributed by atoms with van der Waals surface area (Å²) in [6.07, 6.45) is 1.59. The molecule has 1 aliphatic carbocycles. The maximum absolute atomic E-state index is 13.1. The van der Waals surface area contributed by atoms with Crippen molar-refractivity contribution in [2.75, 3.05) is 0 Å². The molecule has 6 rings (SSSR count). The molecule has 168 valence electrons. The fourth-order valence-electron chi connectivity index (χ4n) is 4.37. The summed E-state index contributed by atoms with van der Waals surface area (Å²) in [6.45, 7) is 0. The Morgan fingerprint density at radius 2 is 1.47 bits per heavy atom. The van der Waals surface area contributed by atoms with E-state index in [2.05, 4.69) is 29.2 Å². The lowest BCUT2D eigenvalue weighted by Gasteiger charge is -2.02. The average molecular weight is 482 g/mol. The van der Waals surface area contributed by atoms with E-state index in [0.717, 1.165) is 26.4 Å². The van der Waals surface area contributed by atoms with E-state index in [1.807, 2.05) is 48.5 Å². The molecule has 0 saturated carbocycles. The number of nitriles is 2. The molecule has 0 atom stereocenters. The summed E-state index contributed by atoms with van der Waals surface area (Å²) in [5.41, 5.74) is 5.31. The molecule has 3 aromatic carbocycles. The quantitative estimate of drug-likeness (QED) is 0.199. The number of nitrogens with zero attached hydrogens (tertiary/aromatic N) is 3. The zero-order valence-electron chi connectivity index (χ0n) is 18.7. The first-order valence-electron chi connectivity index (χ1n) is 11.1. The second kappa shape index (κ2) is 8.63. The van der Waals surface area contributed by atoms with Crippen LogP contribution in [0.2, 0.25) is 0 Å². The number of fused-ring (bicyclic) bond motifs is 2. The maximum atomic E-state index is 13.1. The first kappa shape index (κ1) is 21.5. The van der Waals surface area contributed by atoms with Gasteiger partial charge >= 0.3 is 0 Å². The summed E-state index contributed by atoms with van der Waals surface area (Å²) < 4.78 is 6.80. The minimum Gasteiger partial charge on any atom is -0.437 e. The maximum Gasteiger partial charge on any atom is 0.238 e. The minimum absolute atomic E-state index is 0.104. The standard InChI is InChI=1S/C30H15N3O2S/c31-16-21(17-32)27-23-8-4-5-9-24(23)28(34)25(27)14-22-15-26-29(35-22)33-30(36-26)20-12-10-19(11-13-20)18-6-2-1-3-7-18/h1-15H/b25-14-. The Morgan fingerprint density at radius 3 is 2.17 bits per heavy atom. The van der Waals surface area contributed by atoms with E-state index in [4.69, 9.17) is 4.42 Å². The fourth-order valence-corrected chi connectivity index (χ4v) is 5.31. The van der Waals surface area contributed by atoms with Crippen molar-refractivity contribution in [1.29, 1.82) is 10.5 Å².